The first-order chi connectivity index (χ1) is 15.4. The number of H-pyrrole nitrogens is 1. The zero-order valence-electron chi connectivity index (χ0n) is 19.4. The number of piperidine rings is 1. The molecule has 4 heterocycles. The number of hydrogen-bond acceptors (Lipinski definition) is 4. The fourth-order valence-electron chi connectivity index (χ4n) is 5.08. The van der Waals surface area contributed by atoms with Gasteiger partial charge < -0.3 is 9.88 Å². The molecule has 0 saturated carbocycles. The lowest BCUT2D eigenvalue weighted by Gasteiger charge is -2.33. The van der Waals surface area contributed by atoms with Gasteiger partial charge in [0.15, 0.2) is 5.65 Å². The van der Waals surface area contributed by atoms with Gasteiger partial charge in [-0.05, 0) is 87.0 Å². The van der Waals surface area contributed by atoms with Crippen LogP contribution in [0, 0.1) is 19.8 Å². The maximum Gasteiger partial charge on any atom is 0.326 e. The number of benzene rings is 1. The average molecular weight is 433 g/mol. The molecule has 0 aliphatic carbocycles. The second kappa shape index (κ2) is 8.20. The van der Waals surface area contributed by atoms with E-state index in [9.17, 15) is 4.79 Å². The highest BCUT2D eigenvalue weighted by atomic mass is 16.1. The van der Waals surface area contributed by atoms with Crippen molar-refractivity contribution >= 4 is 16.7 Å². The van der Waals surface area contributed by atoms with Crippen molar-refractivity contribution in [2.24, 2.45) is 5.92 Å². The standard InChI is InChI=1S/C25H32N6O/c1-16(2)7-9-29-8-5-6-20(14-29)31-23-11-17(3)21(12-22(23)28-25(31)32)19-10-18(4)24-26-15-27-30(24)13-19/h10-13,15-16,20H,5-9,14H2,1-4H3,(H,28,32)/t20-/m1/s1. The molecule has 168 valence electrons. The zero-order chi connectivity index (χ0) is 22.4. The summed E-state index contributed by atoms with van der Waals surface area (Å²) in [6, 6.07) is 6.63. The normalized spacial score (nSPS) is 17.7. The Morgan fingerprint density at radius 1 is 1.19 bits per heavy atom. The Labute approximate surface area is 188 Å². The molecule has 7 heteroatoms. The van der Waals surface area contributed by atoms with Gasteiger partial charge in [-0.1, -0.05) is 13.8 Å². The van der Waals surface area contributed by atoms with Crippen molar-refractivity contribution in [1.29, 1.82) is 0 Å². The number of nitrogens with one attached hydrogen (secondary N) is 1. The van der Waals surface area contributed by atoms with Crippen molar-refractivity contribution in [2.45, 2.75) is 53.0 Å². The van der Waals surface area contributed by atoms with Crippen LogP contribution in [0.4, 0.5) is 0 Å². The van der Waals surface area contributed by atoms with Crippen molar-refractivity contribution in [3.8, 4) is 11.1 Å². The Morgan fingerprint density at radius 2 is 2.03 bits per heavy atom. The van der Waals surface area contributed by atoms with Gasteiger partial charge in [0.1, 0.15) is 6.33 Å². The van der Waals surface area contributed by atoms with Gasteiger partial charge in [0.2, 0.25) is 0 Å². The molecule has 5 rings (SSSR count). The van der Waals surface area contributed by atoms with E-state index in [4.69, 9.17) is 0 Å². The molecule has 1 aliphatic heterocycles. The van der Waals surface area contributed by atoms with Crippen LogP contribution < -0.4 is 5.69 Å². The molecule has 1 fully saturated rings. The Morgan fingerprint density at radius 3 is 2.84 bits per heavy atom. The van der Waals surface area contributed by atoms with Gasteiger partial charge in [0.25, 0.3) is 0 Å². The molecule has 1 aliphatic rings. The van der Waals surface area contributed by atoms with E-state index in [1.807, 2.05) is 22.2 Å². The van der Waals surface area contributed by atoms with Crippen LogP contribution in [0.1, 0.15) is 50.3 Å². The second-order valence-electron chi connectivity index (χ2n) is 9.70. The number of likely N-dealkylation sites (tertiary alicyclic amines) is 1. The molecule has 1 atom stereocenters. The molecule has 0 radical (unpaired) electrons. The van der Waals surface area contributed by atoms with Crippen LogP contribution in [0.3, 0.4) is 0 Å². The van der Waals surface area contributed by atoms with Gasteiger partial charge in [-0.2, -0.15) is 5.10 Å². The van der Waals surface area contributed by atoms with Gasteiger partial charge in [0, 0.05) is 18.3 Å². The van der Waals surface area contributed by atoms with E-state index < -0.39 is 0 Å². The maximum atomic E-state index is 13.0. The summed E-state index contributed by atoms with van der Waals surface area (Å²) in [5.41, 5.74) is 7.17. The van der Waals surface area contributed by atoms with Crippen molar-refractivity contribution in [1.82, 2.24) is 29.0 Å². The summed E-state index contributed by atoms with van der Waals surface area (Å²) in [6.45, 7) is 11.9. The predicted molar refractivity (Wildman–Crippen MR) is 128 cm³/mol. The molecule has 1 aromatic carbocycles. The Kier molecular flexibility index (Phi) is 5.37. The van der Waals surface area contributed by atoms with Crippen LogP contribution in [0.25, 0.3) is 27.8 Å². The van der Waals surface area contributed by atoms with Crippen molar-refractivity contribution in [2.75, 3.05) is 19.6 Å². The number of nitrogens with zero attached hydrogens (tertiary/aromatic N) is 5. The lowest BCUT2D eigenvalue weighted by atomic mass is 9.99. The van der Waals surface area contributed by atoms with Gasteiger partial charge in [-0.25, -0.2) is 14.3 Å². The summed E-state index contributed by atoms with van der Waals surface area (Å²) in [4.78, 5) is 23.0. The third-order valence-corrected chi connectivity index (χ3v) is 6.80. The van der Waals surface area contributed by atoms with E-state index in [-0.39, 0.29) is 11.7 Å². The number of pyridine rings is 1. The first-order valence-electron chi connectivity index (χ1n) is 11.7. The topological polar surface area (TPSA) is 71.2 Å². The summed E-state index contributed by atoms with van der Waals surface area (Å²) in [6.07, 6.45) is 6.97. The van der Waals surface area contributed by atoms with Gasteiger partial charge in [-0.15, -0.1) is 0 Å². The summed E-state index contributed by atoms with van der Waals surface area (Å²) in [5.74, 6) is 0.702. The van der Waals surface area contributed by atoms with E-state index >= 15 is 0 Å². The highest BCUT2D eigenvalue weighted by Gasteiger charge is 2.25. The van der Waals surface area contributed by atoms with Gasteiger partial charge in [-0.3, -0.25) is 4.57 Å². The number of imidazole rings is 1. The average Bonchev–Trinajstić information content (AvgIpc) is 3.35. The van der Waals surface area contributed by atoms with Gasteiger partial charge in [0.05, 0.1) is 17.1 Å². The van der Waals surface area contributed by atoms with Crippen LogP contribution in [0.5, 0.6) is 0 Å². The molecular formula is C25H32N6O. The van der Waals surface area contributed by atoms with Crippen LogP contribution in [0.15, 0.2) is 35.5 Å². The molecule has 0 spiro atoms. The van der Waals surface area contributed by atoms with Crippen molar-refractivity contribution in [3.05, 3.63) is 52.3 Å². The van der Waals surface area contributed by atoms with Gasteiger partial charge >= 0.3 is 5.69 Å². The molecule has 32 heavy (non-hydrogen) atoms. The smallest absolute Gasteiger partial charge is 0.306 e. The number of fused-ring (bicyclic) bond motifs is 2. The molecule has 0 unspecified atom stereocenters. The first kappa shape index (κ1) is 20.9. The minimum atomic E-state index is -0.00447. The summed E-state index contributed by atoms with van der Waals surface area (Å²) in [5, 5.41) is 4.31. The highest BCUT2D eigenvalue weighted by Crippen LogP contribution is 2.31. The molecule has 1 saturated heterocycles. The van der Waals surface area contributed by atoms with E-state index in [0.29, 0.717) is 5.92 Å². The minimum absolute atomic E-state index is 0.00447. The summed E-state index contributed by atoms with van der Waals surface area (Å²) in [7, 11) is 0. The van der Waals surface area contributed by atoms with E-state index in [2.05, 4.69) is 58.9 Å². The van der Waals surface area contributed by atoms with Crippen molar-refractivity contribution < 1.29 is 0 Å². The maximum absolute atomic E-state index is 13.0. The van der Waals surface area contributed by atoms with E-state index in [1.54, 1.807) is 6.33 Å². The van der Waals surface area contributed by atoms with Crippen LogP contribution in [0.2, 0.25) is 0 Å². The molecule has 4 aromatic rings. The summed E-state index contributed by atoms with van der Waals surface area (Å²) < 4.78 is 3.81. The Balaban J connectivity index is 1.52. The summed E-state index contributed by atoms with van der Waals surface area (Å²) >= 11 is 0. The van der Waals surface area contributed by atoms with Crippen LogP contribution in [-0.2, 0) is 0 Å². The third-order valence-electron chi connectivity index (χ3n) is 6.80. The van der Waals surface area contributed by atoms with E-state index in [1.165, 1.54) is 6.42 Å². The molecule has 1 N–H and O–H groups in total. The fraction of sp³-hybridized carbons (Fsp3) is 0.480. The third kappa shape index (κ3) is 3.75. The number of aromatic nitrogens is 5. The van der Waals surface area contributed by atoms with Crippen molar-refractivity contribution in [3.63, 3.8) is 0 Å². The van der Waals surface area contributed by atoms with E-state index in [0.717, 1.165) is 71.4 Å². The lowest BCUT2D eigenvalue weighted by molar-refractivity contribution is 0.170. The quantitative estimate of drug-likeness (QED) is 0.509. The highest BCUT2D eigenvalue weighted by molar-refractivity contribution is 5.84. The minimum Gasteiger partial charge on any atom is -0.306 e. The van der Waals surface area contributed by atoms with Crippen LogP contribution in [-0.4, -0.2) is 48.7 Å². The zero-order valence-corrected chi connectivity index (χ0v) is 19.4. The Bertz CT molecular complexity index is 1330. The molecule has 7 nitrogen and oxygen atoms in total. The largest absolute Gasteiger partial charge is 0.326 e. The number of aromatic amines is 1. The second-order valence-corrected chi connectivity index (χ2v) is 9.70. The predicted octanol–water partition coefficient (Wildman–Crippen LogP) is 4.34. The molecule has 3 aromatic heterocycles. The SMILES string of the molecule is Cc1cc2c(cc1-c1cc(C)c3ncnn3c1)[nH]c(=O)n2[C@@H]1CCCN(CCC(C)C)C1. The number of hydrogen-bond donors (Lipinski definition) is 1. The molecule has 0 bridgehead atoms. The molecule has 0 amide bonds. The first-order valence-corrected chi connectivity index (χ1v) is 11.7. The fourth-order valence-corrected chi connectivity index (χ4v) is 5.08. The lowest BCUT2D eigenvalue weighted by Crippen LogP contribution is -2.39. The molecular weight excluding hydrogens is 400 g/mol. The number of rotatable bonds is 5. The Hall–Kier alpha value is -2.93. The monoisotopic (exact) mass is 432 g/mol. The number of aryl methyl sites for hydroxylation is 2. The van der Waals surface area contributed by atoms with Crippen LogP contribution >= 0.6 is 0 Å².